The minimum atomic E-state index is -0.819. The monoisotopic (exact) mass is 478 g/mol. The number of nitriles is 1. The van der Waals surface area contributed by atoms with Crippen molar-refractivity contribution >= 4 is 17.9 Å². The van der Waals surface area contributed by atoms with Crippen molar-refractivity contribution in [1.29, 1.82) is 5.26 Å². The predicted octanol–water partition coefficient (Wildman–Crippen LogP) is 3.01. The van der Waals surface area contributed by atoms with E-state index in [1.54, 1.807) is 24.3 Å². The molecule has 0 bridgehead atoms. The summed E-state index contributed by atoms with van der Waals surface area (Å²) in [6.07, 6.45) is 1.55. The molecule has 3 rings (SSSR count). The van der Waals surface area contributed by atoms with Gasteiger partial charge in [-0.15, -0.1) is 0 Å². The van der Waals surface area contributed by atoms with Gasteiger partial charge in [0.25, 0.3) is 5.91 Å². The van der Waals surface area contributed by atoms with Gasteiger partial charge in [0.05, 0.1) is 13.2 Å². The number of methoxy groups -OCH3 is 1. The average molecular weight is 479 g/mol. The number of benzene rings is 2. The van der Waals surface area contributed by atoms with Crippen LogP contribution < -0.4 is 15.4 Å². The Bertz CT molecular complexity index is 1040. The van der Waals surface area contributed by atoms with Gasteiger partial charge in [0.2, 0.25) is 5.91 Å². The van der Waals surface area contributed by atoms with Gasteiger partial charge >= 0.3 is 6.09 Å². The average Bonchev–Trinajstić information content (AvgIpc) is 3.38. The molecule has 1 heterocycles. The van der Waals surface area contributed by atoms with Gasteiger partial charge in [-0.1, -0.05) is 30.3 Å². The van der Waals surface area contributed by atoms with Crippen molar-refractivity contribution in [2.24, 2.45) is 0 Å². The van der Waals surface area contributed by atoms with E-state index in [1.807, 2.05) is 30.3 Å². The van der Waals surface area contributed by atoms with Crippen molar-refractivity contribution in [3.63, 3.8) is 0 Å². The van der Waals surface area contributed by atoms with Gasteiger partial charge in [-0.2, -0.15) is 5.26 Å². The van der Waals surface area contributed by atoms with Crippen LogP contribution in [0, 0.1) is 11.3 Å². The lowest BCUT2D eigenvalue weighted by Gasteiger charge is -2.26. The standard InChI is InChI=1S/C26H30N4O5/c1-34-22-13-11-20(12-14-22)24(31)29-23(25(32)30-16-6-9-21(30)17-27)10-5-15-28-26(33)35-18-19-7-3-2-4-8-19/h2-4,7-8,11-14,21,23H,5-6,9-10,15-16,18H2,1H3,(H,28,33)(H,29,31)/t21-,23-/m0/s1. The minimum absolute atomic E-state index is 0.163. The first kappa shape index (κ1) is 25.6. The number of nitrogens with one attached hydrogen (secondary N) is 2. The molecule has 1 fully saturated rings. The number of ether oxygens (including phenoxy) is 2. The van der Waals surface area contributed by atoms with E-state index in [-0.39, 0.29) is 19.1 Å². The van der Waals surface area contributed by atoms with E-state index < -0.39 is 24.1 Å². The molecule has 9 nitrogen and oxygen atoms in total. The lowest BCUT2D eigenvalue weighted by Crippen LogP contribution is -2.50. The summed E-state index contributed by atoms with van der Waals surface area (Å²) in [7, 11) is 1.54. The molecule has 9 heteroatoms. The third-order valence-corrected chi connectivity index (χ3v) is 5.79. The van der Waals surface area contributed by atoms with E-state index >= 15 is 0 Å². The minimum Gasteiger partial charge on any atom is -0.497 e. The Kier molecular flexibility index (Phi) is 9.49. The van der Waals surface area contributed by atoms with E-state index in [1.165, 1.54) is 12.0 Å². The maximum Gasteiger partial charge on any atom is 0.407 e. The second-order valence-electron chi connectivity index (χ2n) is 8.20. The van der Waals surface area contributed by atoms with E-state index in [0.717, 1.165) is 12.0 Å². The predicted molar refractivity (Wildman–Crippen MR) is 128 cm³/mol. The van der Waals surface area contributed by atoms with Crippen LogP contribution in [0.25, 0.3) is 0 Å². The lowest BCUT2D eigenvalue weighted by atomic mass is 10.1. The number of amides is 3. The van der Waals surface area contributed by atoms with Crippen LogP contribution in [0.4, 0.5) is 4.79 Å². The fourth-order valence-corrected chi connectivity index (χ4v) is 3.88. The fraction of sp³-hybridized carbons (Fsp3) is 0.385. The number of likely N-dealkylation sites (tertiary alicyclic amines) is 1. The van der Waals surface area contributed by atoms with Crippen molar-refractivity contribution in [3.05, 3.63) is 65.7 Å². The molecule has 2 N–H and O–H groups in total. The quantitative estimate of drug-likeness (QED) is 0.507. The largest absolute Gasteiger partial charge is 0.497 e. The number of alkyl carbamates (subject to hydrolysis) is 1. The molecule has 1 aliphatic rings. The first-order chi connectivity index (χ1) is 17.0. The van der Waals surface area contributed by atoms with E-state index in [9.17, 15) is 19.6 Å². The molecule has 2 aromatic rings. The highest BCUT2D eigenvalue weighted by molar-refractivity contribution is 5.97. The van der Waals surface area contributed by atoms with Gasteiger partial charge in [-0.25, -0.2) is 4.79 Å². The molecule has 0 unspecified atom stereocenters. The van der Waals surface area contributed by atoms with E-state index in [4.69, 9.17) is 9.47 Å². The number of hydrogen-bond donors (Lipinski definition) is 2. The molecule has 0 radical (unpaired) electrons. The highest BCUT2D eigenvalue weighted by atomic mass is 16.5. The Balaban J connectivity index is 1.55. The lowest BCUT2D eigenvalue weighted by molar-refractivity contribution is -0.133. The topological polar surface area (TPSA) is 121 Å². The van der Waals surface area contributed by atoms with Crippen LogP contribution >= 0.6 is 0 Å². The van der Waals surface area contributed by atoms with Gasteiger partial charge < -0.3 is 25.0 Å². The Morgan fingerprint density at radius 1 is 1.14 bits per heavy atom. The SMILES string of the molecule is COc1ccc(C(=O)N[C@@H](CCCNC(=O)OCc2ccccc2)C(=O)N2CCC[C@H]2C#N)cc1. The summed E-state index contributed by atoms with van der Waals surface area (Å²) in [6.45, 7) is 0.920. The van der Waals surface area contributed by atoms with Gasteiger partial charge in [0, 0.05) is 18.7 Å². The molecule has 2 atom stereocenters. The molecule has 1 aliphatic heterocycles. The summed E-state index contributed by atoms with van der Waals surface area (Å²) in [6, 6.07) is 16.8. The molecule has 2 aromatic carbocycles. The zero-order valence-electron chi connectivity index (χ0n) is 19.7. The van der Waals surface area contributed by atoms with Crippen LogP contribution in [0.1, 0.15) is 41.6 Å². The molecule has 0 saturated carbocycles. The Hall–Kier alpha value is -4.06. The van der Waals surface area contributed by atoms with Crippen LogP contribution in [0.2, 0.25) is 0 Å². The molecule has 0 aromatic heterocycles. The summed E-state index contributed by atoms with van der Waals surface area (Å²) in [5.41, 5.74) is 1.27. The smallest absolute Gasteiger partial charge is 0.407 e. The zero-order valence-corrected chi connectivity index (χ0v) is 19.7. The highest BCUT2D eigenvalue weighted by Gasteiger charge is 2.33. The summed E-state index contributed by atoms with van der Waals surface area (Å²) in [5, 5.41) is 14.9. The molecule has 35 heavy (non-hydrogen) atoms. The summed E-state index contributed by atoms with van der Waals surface area (Å²) in [4.78, 5) is 39.5. The van der Waals surface area contributed by atoms with Crippen LogP contribution in [0.5, 0.6) is 5.75 Å². The Labute approximate surface area is 205 Å². The van der Waals surface area contributed by atoms with Crippen LogP contribution in [-0.4, -0.2) is 55.1 Å². The fourth-order valence-electron chi connectivity index (χ4n) is 3.88. The molecule has 0 aliphatic carbocycles. The first-order valence-corrected chi connectivity index (χ1v) is 11.6. The van der Waals surface area contributed by atoms with Gasteiger partial charge in [-0.05, 0) is 55.5 Å². The number of rotatable bonds is 10. The third-order valence-electron chi connectivity index (χ3n) is 5.79. The summed E-state index contributed by atoms with van der Waals surface area (Å²) >= 11 is 0. The third kappa shape index (κ3) is 7.47. The molecular formula is C26H30N4O5. The molecule has 184 valence electrons. The molecule has 3 amide bonds. The molecular weight excluding hydrogens is 448 g/mol. The number of hydrogen-bond acceptors (Lipinski definition) is 6. The first-order valence-electron chi connectivity index (χ1n) is 11.6. The summed E-state index contributed by atoms with van der Waals surface area (Å²) in [5.74, 6) is -0.0650. The normalized spacial score (nSPS) is 15.5. The maximum atomic E-state index is 13.2. The van der Waals surface area contributed by atoms with Crippen LogP contribution in [0.3, 0.4) is 0 Å². The Morgan fingerprint density at radius 3 is 2.57 bits per heavy atom. The summed E-state index contributed by atoms with van der Waals surface area (Å²) < 4.78 is 10.3. The second kappa shape index (κ2) is 13.0. The van der Waals surface area contributed by atoms with Crippen molar-refractivity contribution in [2.75, 3.05) is 20.2 Å². The van der Waals surface area contributed by atoms with Gasteiger partial charge in [-0.3, -0.25) is 9.59 Å². The number of nitrogens with zero attached hydrogens (tertiary/aromatic N) is 2. The van der Waals surface area contributed by atoms with Crippen molar-refractivity contribution in [1.82, 2.24) is 15.5 Å². The van der Waals surface area contributed by atoms with Crippen molar-refractivity contribution < 1.29 is 23.9 Å². The number of carbonyl (C=O) groups is 3. The van der Waals surface area contributed by atoms with E-state index in [2.05, 4.69) is 16.7 Å². The number of carbonyl (C=O) groups excluding carboxylic acids is 3. The van der Waals surface area contributed by atoms with E-state index in [0.29, 0.717) is 37.1 Å². The Morgan fingerprint density at radius 2 is 1.89 bits per heavy atom. The zero-order chi connectivity index (χ0) is 25.0. The highest BCUT2D eigenvalue weighted by Crippen LogP contribution is 2.19. The molecule has 1 saturated heterocycles. The maximum absolute atomic E-state index is 13.2. The van der Waals surface area contributed by atoms with Crippen LogP contribution in [-0.2, 0) is 16.1 Å². The van der Waals surface area contributed by atoms with Crippen molar-refractivity contribution in [3.8, 4) is 11.8 Å². The molecule has 0 spiro atoms. The van der Waals surface area contributed by atoms with Gasteiger partial charge in [0.1, 0.15) is 24.4 Å². The van der Waals surface area contributed by atoms with Crippen LogP contribution in [0.15, 0.2) is 54.6 Å². The van der Waals surface area contributed by atoms with Gasteiger partial charge in [0.15, 0.2) is 0 Å². The van der Waals surface area contributed by atoms with Crippen molar-refractivity contribution in [2.45, 2.75) is 44.4 Å². The second-order valence-corrected chi connectivity index (χ2v) is 8.20.